The van der Waals surface area contributed by atoms with Gasteiger partial charge in [-0.15, -0.1) is 0 Å². The predicted molar refractivity (Wildman–Crippen MR) is 96.3 cm³/mol. The monoisotopic (exact) mass is 315 g/mol. The van der Waals surface area contributed by atoms with Gasteiger partial charge in [-0.1, -0.05) is 25.1 Å². The van der Waals surface area contributed by atoms with E-state index >= 15 is 0 Å². The lowest BCUT2D eigenvalue weighted by atomic mass is 10.0. The predicted octanol–water partition coefficient (Wildman–Crippen LogP) is 3.83. The highest BCUT2D eigenvalue weighted by molar-refractivity contribution is 5.85. The number of benzene rings is 1. The molecule has 0 fully saturated rings. The first kappa shape index (κ1) is 14.4. The molecule has 3 heterocycles. The third-order valence-corrected chi connectivity index (χ3v) is 4.18. The van der Waals surface area contributed by atoms with E-state index in [0.717, 1.165) is 34.5 Å². The maximum atomic E-state index is 5.76. The van der Waals surface area contributed by atoms with Gasteiger partial charge in [0.05, 0.1) is 5.69 Å². The van der Waals surface area contributed by atoms with E-state index < -0.39 is 0 Å². The first-order chi connectivity index (χ1) is 11.7. The van der Waals surface area contributed by atoms with Gasteiger partial charge in [0.15, 0.2) is 0 Å². The number of anilines is 1. The lowest BCUT2D eigenvalue weighted by Gasteiger charge is -2.06. The van der Waals surface area contributed by atoms with E-state index in [9.17, 15) is 0 Å². The second kappa shape index (κ2) is 5.77. The van der Waals surface area contributed by atoms with Gasteiger partial charge in [-0.25, -0.2) is 15.0 Å². The van der Waals surface area contributed by atoms with Crippen LogP contribution in [0.3, 0.4) is 0 Å². The van der Waals surface area contributed by atoms with Crippen LogP contribution in [0.4, 0.5) is 5.82 Å². The number of pyridine rings is 1. The second-order valence-electron chi connectivity index (χ2n) is 5.70. The Morgan fingerprint density at radius 2 is 1.88 bits per heavy atom. The van der Waals surface area contributed by atoms with Crippen molar-refractivity contribution in [1.29, 1.82) is 0 Å². The minimum absolute atomic E-state index is 0.466. The molecular formula is C19H17N5. The van der Waals surface area contributed by atoms with E-state index in [1.165, 1.54) is 17.3 Å². The van der Waals surface area contributed by atoms with Gasteiger partial charge in [0, 0.05) is 35.0 Å². The van der Waals surface area contributed by atoms with Crippen molar-refractivity contribution in [2.75, 3.05) is 5.73 Å². The average molecular weight is 315 g/mol. The normalized spacial score (nSPS) is 11.0. The van der Waals surface area contributed by atoms with Crippen molar-refractivity contribution in [3.05, 3.63) is 60.7 Å². The number of aryl methyl sites for hydroxylation is 1. The van der Waals surface area contributed by atoms with E-state index in [1.54, 1.807) is 6.07 Å². The number of aromatic nitrogens is 4. The fourth-order valence-electron chi connectivity index (χ4n) is 2.90. The molecule has 4 aromatic rings. The summed E-state index contributed by atoms with van der Waals surface area (Å²) in [5.41, 5.74) is 12.0. The van der Waals surface area contributed by atoms with Crippen LogP contribution in [0.1, 0.15) is 12.5 Å². The summed E-state index contributed by atoms with van der Waals surface area (Å²) in [6.45, 7) is 2.15. The first-order valence-corrected chi connectivity index (χ1v) is 7.89. The SMILES string of the molecule is CCc1c[nH]c2ncc(-c3cccc(-c4cc(N)ncn4)c3)cc12. The van der Waals surface area contributed by atoms with Crippen LogP contribution in [0.15, 0.2) is 55.1 Å². The molecule has 0 saturated heterocycles. The summed E-state index contributed by atoms with van der Waals surface area (Å²) in [5, 5.41) is 1.17. The quantitative estimate of drug-likeness (QED) is 0.602. The number of nitrogens with two attached hydrogens (primary N) is 1. The van der Waals surface area contributed by atoms with Gasteiger partial charge < -0.3 is 10.7 Å². The second-order valence-corrected chi connectivity index (χ2v) is 5.70. The van der Waals surface area contributed by atoms with Gasteiger partial charge in [-0.2, -0.15) is 0 Å². The molecular weight excluding hydrogens is 298 g/mol. The molecule has 0 unspecified atom stereocenters. The Kier molecular flexibility index (Phi) is 3.46. The standard InChI is InChI=1S/C19H17N5/c1-2-12-9-21-19-16(12)7-15(10-22-19)13-4-3-5-14(6-13)17-8-18(20)24-11-23-17/h3-11H,2H2,1H3,(H,21,22)(H2,20,23,24). The van der Waals surface area contributed by atoms with Crippen molar-refractivity contribution in [1.82, 2.24) is 19.9 Å². The molecule has 118 valence electrons. The Hall–Kier alpha value is -3.21. The Balaban J connectivity index is 1.81. The molecule has 3 aromatic heterocycles. The molecule has 0 aliphatic rings. The minimum atomic E-state index is 0.466. The molecule has 3 N–H and O–H groups in total. The highest BCUT2D eigenvalue weighted by Gasteiger charge is 2.08. The molecule has 5 nitrogen and oxygen atoms in total. The molecule has 24 heavy (non-hydrogen) atoms. The Morgan fingerprint density at radius 3 is 2.71 bits per heavy atom. The maximum absolute atomic E-state index is 5.76. The van der Waals surface area contributed by atoms with Gasteiger partial charge in [0.2, 0.25) is 0 Å². The van der Waals surface area contributed by atoms with Crippen molar-refractivity contribution in [3.63, 3.8) is 0 Å². The molecule has 0 saturated carbocycles. The Bertz CT molecular complexity index is 1020. The molecule has 0 atom stereocenters. The summed E-state index contributed by atoms with van der Waals surface area (Å²) < 4.78 is 0. The first-order valence-electron chi connectivity index (χ1n) is 7.89. The minimum Gasteiger partial charge on any atom is -0.384 e. The zero-order valence-electron chi connectivity index (χ0n) is 13.3. The summed E-state index contributed by atoms with van der Waals surface area (Å²) in [7, 11) is 0. The highest BCUT2D eigenvalue weighted by atomic mass is 14.9. The van der Waals surface area contributed by atoms with E-state index in [2.05, 4.69) is 45.1 Å². The highest BCUT2D eigenvalue weighted by Crippen LogP contribution is 2.28. The lowest BCUT2D eigenvalue weighted by Crippen LogP contribution is -1.92. The summed E-state index contributed by atoms with van der Waals surface area (Å²) >= 11 is 0. The van der Waals surface area contributed by atoms with Crippen molar-refractivity contribution < 1.29 is 0 Å². The van der Waals surface area contributed by atoms with Gasteiger partial charge in [-0.3, -0.25) is 0 Å². The Labute approximate surface area is 139 Å². The Morgan fingerprint density at radius 1 is 1.00 bits per heavy atom. The number of fused-ring (bicyclic) bond motifs is 1. The molecule has 0 aliphatic carbocycles. The smallest absolute Gasteiger partial charge is 0.137 e. The van der Waals surface area contributed by atoms with Crippen molar-refractivity contribution >= 4 is 16.9 Å². The average Bonchev–Trinajstić information content (AvgIpc) is 3.04. The zero-order valence-corrected chi connectivity index (χ0v) is 13.3. The van der Waals surface area contributed by atoms with E-state index in [-0.39, 0.29) is 0 Å². The van der Waals surface area contributed by atoms with E-state index in [4.69, 9.17) is 5.73 Å². The number of aromatic amines is 1. The third-order valence-electron chi connectivity index (χ3n) is 4.18. The van der Waals surface area contributed by atoms with Gasteiger partial charge in [-0.05, 0) is 29.7 Å². The zero-order chi connectivity index (χ0) is 16.5. The number of nitrogens with one attached hydrogen (secondary N) is 1. The van der Waals surface area contributed by atoms with Gasteiger partial charge in [0.1, 0.15) is 17.8 Å². The van der Waals surface area contributed by atoms with Crippen LogP contribution in [0, 0.1) is 0 Å². The topological polar surface area (TPSA) is 80.5 Å². The van der Waals surface area contributed by atoms with Crippen molar-refractivity contribution in [3.8, 4) is 22.4 Å². The molecule has 0 radical (unpaired) electrons. The number of rotatable bonds is 3. The number of hydrogen-bond acceptors (Lipinski definition) is 4. The van der Waals surface area contributed by atoms with E-state index in [1.807, 2.05) is 24.5 Å². The largest absolute Gasteiger partial charge is 0.384 e. The summed E-state index contributed by atoms with van der Waals surface area (Å²) in [5.74, 6) is 0.466. The number of hydrogen-bond donors (Lipinski definition) is 2. The summed E-state index contributed by atoms with van der Waals surface area (Å²) in [6, 6.07) is 12.2. The number of nitrogens with zero attached hydrogens (tertiary/aromatic N) is 3. The molecule has 4 rings (SSSR count). The van der Waals surface area contributed by atoms with Gasteiger partial charge >= 0.3 is 0 Å². The van der Waals surface area contributed by atoms with Crippen molar-refractivity contribution in [2.24, 2.45) is 0 Å². The van der Waals surface area contributed by atoms with Crippen LogP contribution in [-0.4, -0.2) is 19.9 Å². The van der Waals surface area contributed by atoms with Crippen molar-refractivity contribution in [2.45, 2.75) is 13.3 Å². The van der Waals surface area contributed by atoms with Crippen LogP contribution < -0.4 is 5.73 Å². The lowest BCUT2D eigenvalue weighted by molar-refractivity contribution is 1.15. The maximum Gasteiger partial charge on any atom is 0.137 e. The van der Waals surface area contributed by atoms with Gasteiger partial charge in [0.25, 0.3) is 0 Å². The van der Waals surface area contributed by atoms with Crippen LogP contribution >= 0.6 is 0 Å². The van der Waals surface area contributed by atoms with Crippen LogP contribution in [0.5, 0.6) is 0 Å². The molecule has 0 spiro atoms. The van der Waals surface area contributed by atoms with Crippen LogP contribution in [0.25, 0.3) is 33.4 Å². The van der Waals surface area contributed by atoms with Crippen LogP contribution in [-0.2, 0) is 6.42 Å². The summed E-state index contributed by atoms with van der Waals surface area (Å²) in [6.07, 6.45) is 6.39. The third kappa shape index (κ3) is 2.50. The fraction of sp³-hybridized carbons (Fsp3) is 0.105. The molecule has 1 aromatic carbocycles. The molecule has 0 amide bonds. The molecule has 0 bridgehead atoms. The number of nitrogen functional groups attached to an aromatic ring is 1. The molecule has 0 aliphatic heterocycles. The number of H-pyrrole nitrogens is 1. The molecule has 5 heteroatoms. The summed E-state index contributed by atoms with van der Waals surface area (Å²) in [4.78, 5) is 16.0. The van der Waals surface area contributed by atoms with E-state index in [0.29, 0.717) is 5.82 Å². The fourth-order valence-corrected chi connectivity index (χ4v) is 2.90. The van der Waals surface area contributed by atoms with Crippen LogP contribution in [0.2, 0.25) is 0 Å².